The van der Waals surface area contributed by atoms with Gasteiger partial charge >= 0.3 is 0 Å². The Kier molecular flexibility index (Phi) is 5.01. The van der Waals surface area contributed by atoms with Crippen molar-refractivity contribution >= 4 is 28.2 Å². The summed E-state index contributed by atoms with van der Waals surface area (Å²) in [5, 5.41) is 6.51. The van der Waals surface area contributed by atoms with Gasteiger partial charge in [-0.3, -0.25) is 9.59 Å². The number of carbonyl (C=O) groups excluding carboxylic acids is 2. The normalized spacial score (nSPS) is 18.3. The van der Waals surface area contributed by atoms with E-state index in [0.29, 0.717) is 9.88 Å². The van der Waals surface area contributed by atoms with Gasteiger partial charge in [-0.15, -0.1) is 11.3 Å². The first kappa shape index (κ1) is 16.7. The minimum absolute atomic E-state index is 0.0729. The van der Waals surface area contributed by atoms with Crippen molar-refractivity contribution in [2.24, 2.45) is 0 Å². The number of nitrogens with one attached hydrogen (secondary N) is 2. The standard InChI is InChI=1S/C17H21N3O3S/c1-11-9-14(19-16(21)13-6-4-8-23-13)24-15(11)17(22)18-12-5-3-7-20(2)10-12/h4,6,8-9,12H,3,5,7,10H2,1-2H3,(H,18,22)(H,19,21)/t12-/m1/s1. The minimum Gasteiger partial charge on any atom is -0.459 e. The molecule has 1 aliphatic rings. The third-order valence-corrected chi connectivity index (χ3v) is 5.22. The predicted molar refractivity (Wildman–Crippen MR) is 93.7 cm³/mol. The molecule has 3 heterocycles. The fraction of sp³-hybridized carbons (Fsp3) is 0.412. The molecule has 0 spiro atoms. The molecule has 1 atom stereocenters. The number of anilines is 1. The van der Waals surface area contributed by atoms with E-state index in [9.17, 15) is 9.59 Å². The fourth-order valence-electron chi connectivity index (χ4n) is 2.89. The van der Waals surface area contributed by atoms with Crippen LogP contribution in [0.2, 0.25) is 0 Å². The maximum atomic E-state index is 12.5. The van der Waals surface area contributed by atoms with Crippen LogP contribution in [0.1, 0.15) is 38.6 Å². The second-order valence-electron chi connectivity index (χ2n) is 6.13. The number of rotatable bonds is 4. The second kappa shape index (κ2) is 7.19. The molecule has 2 aromatic heterocycles. The number of nitrogens with zero attached hydrogens (tertiary/aromatic N) is 1. The van der Waals surface area contributed by atoms with E-state index in [1.807, 2.05) is 13.0 Å². The van der Waals surface area contributed by atoms with E-state index in [-0.39, 0.29) is 23.6 Å². The van der Waals surface area contributed by atoms with Crippen molar-refractivity contribution < 1.29 is 14.0 Å². The summed E-state index contributed by atoms with van der Waals surface area (Å²) in [5.41, 5.74) is 0.858. The topological polar surface area (TPSA) is 74.6 Å². The SMILES string of the molecule is Cc1cc(NC(=O)c2ccco2)sc1C(=O)N[C@@H]1CCCN(C)C1. The fourth-order valence-corrected chi connectivity index (χ4v) is 3.86. The van der Waals surface area contributed by atoms with Gasteiger partial charge in [0.1, 0.15) is 0 Å². The highest BCUT2D eigenvalue weighted by atomic mass is 32.1. The summed E-state index contributed by atoms with van der Waals surface area (Å²) in [7, 11) is 2.07. The first-order valence-electron chi connectivity index (χ1n) is 7.97. The van der Waals surface area contributed by atoms with Crippen LogP contribution in [0.3, 0.4) is 0 Å². The van der Waals surface area contributed by atoms with Gasteiger partial charge in [0.25, 0.3) is 11.8 Å². The zero-order chi connectivity index (χ0) is 17.1. The molecule has 1 fully saturated rings. The van der Waals surface area contributed by atoms with Crippen LogP contribution in [0.4, 0.5) is 5.00 Å². The number of furan rings is 1. The first-order chi connectivity index (χ1) is 11.5. The monoisotopic (exact) mass is 347 g/mol. The van der Waals surface area contributed by atoms with Gasteiger partial charge in [-0.2, -0.15) is 0 Å². The van der Waals surface area contributed by atoms with Crippen molar-refractivity contribution in [3.63, 3.8) is 0 Å². The van der Waals surface area contributed by atoms with Crippen LogP contribution in [0, 0.1) is 6.92 Å². The van der Waals surface area contributed by atoms with Crippen molar-refractivity contribution in [1.29, 1.82) is 0 Å². The number of thiophene rings is 1. The molecule has 1 aliphatic heterocycles. The van der Waals surface area contributed by atoms with Crippen LogP contribution in [0.25, 0.3) is 0 Å². The van der Waals surface area contributed by atoms with Gasteiger partial charge in [0.05, 0.1) is 16.1 Å². The molecule has 0 saturated carbocycles. The highest BCUT2D eigenvalue weighted by Gasteiger charge is 2.22. The van der Waals surface area contributed by atoms with Crippen LogP contribution >= 0.6 is 11.3 Å². The Morgan fingerprint density at radius 3 is 2.92 bits per heavy atom. The van der Waals surface area contributed by atoms with Gasteiger partial charge in [-0.05, 0) is 57.1 Å². The zero-order valence-corrected chi connectivity index (χ0v) is 14.6. The Hall–Kier alpha value is -2.12. The molecule has 2 amide bonds. The molecule has 0 bridgehead atoms. The third kappa shape index (κ3) is 3.85. The quantitative estimate of drug-likeness (QED) is 0.892. The number of carbonyl (C=O) groups is 2. The minimum atomic E-state index is -0.317. The third-order valence-electron chi connectivity index (χ3n) is 4.07. The molecule has 0 aliphatic carbocycles. The number of amides is 2. The maximum Gasteiger partial charge on any atom is 0.291 e. The van der Waals surface area contributed by atoms with Crippen LogP contribution in [0.15, 0.2) is 28.9 Å². The Morgan fingerprint density at radius 2 is 2.21 bits per heavy atom. The lowest BCUT2D eigenvalue weighted by atomic mass is 10.1. The Labute approximate surface area is 144 Å². The molecule has 128 valence electrons. The highest BCUT2D eigenvalue weighted by molar-refractivity contribution is 7.18. The zero-order valence-electron chi connectivity index (χ0n) is 13.8. The highest BCUT2D eigenvalue weighted by Crippen LogP contribution is 2.27. The van der Waals surface area contributed by atoms with E-state index in [1.165, 1.54) is 17.6 Å². The van der Waals surface area contributed by atoms with Gasteiger partial charge in [-0.25, -0.2) is 0 Å². The maximum absolute atomic E-state index is 12.5. The summed E-state index contributed by atoms with van der Waals surface area (Å²) in [6, 6.07) is 5.25. The summed E-state index contributed by atoms with van der Waals surface area (Å²) >= 11 is 1.28. The molecule has 2 aromatic rings. The van der Waals surface area contributed by atoms with Crippen molar-refractivity contribution in [2.75, 3.05) is 25.5 Å². The molecular formula is C17H21N3O3S. The lowest BCUT2D eigenvalue weighted by Gasteiger charge is -2.30. The summed E-state index contributed by atoms with van der Waals surface area (Å²) in [6.45, 7) is 3.83. The average Bonchev–Trinajstić information content (AvgIpc) is 3.17. The molecule has 24 heavy (non-hydrogen) atoms. The van der Waals surface area contributed by atoms with E-state index in [0.717, 1.165) is 31.5 Å². The Balaban J connectivity index is 1.65. The molecule has 0 radical (unpaired) electrons. The van der Waals surface area contributed by atoms with Gasteiger partial charge in [0.15, 0.2) is 5.76 Å². The van der Waals surface area contributed by atoms with Gasteiger partial charge in [0, 0.05) is 12.6 Å². The molecule has 2 N–H and O–H groups in total. The van der Waals surface area contributed by atoms with E-state index in [4.69, 9.17) is 4.42 Å². The smallest absolute Gasteiger partial charge is 0.291 e. The van der Waals surface area contributed by atoms with Gasteiger partial charge < -0.3 is 20.0 Å². The summed E-state index contributed by atoms with van der Waals surface area (Å²) in [4.78, 5) is 27.4. The largest absolute Gasteiger partial charge is 0.459 e. The summed E-state index contributed by atoms with van der Waals surface area (Å²) in [5.74, 6) is -0.143. The lowest BCUT2D eigenvalue weighted by Crippen LogP contribution is -2.46. The van der Waals surface area contributed by atoms with E-state index >= 15 is 0 Å². The lowest BCUT2D eigenvalue weighted by molar-refractivity contribution is 0.0915. The van der Waals surface area contributed by atoms with Gasteiger partial charge in [-0.1, -0.05) is 0 Å². The summed E-state index contributed by atoms with van der Waals surface area (Å²) < 4.78 is 5.07. The molecule has 7 heteroatoms. The number of aryl methyl sites for hydroxylation is 1. The van der Waals surface area contributed by atoms with Gasteiger partial charge in [0.2, 0.25) is 0 Å². The molecule has 0 aromatic carbocycles. The van der Waals surface area contributed by atoms with Crippen molar-refractivity contribution in [2.45, 2.75) is 25.8 Å². The number of hydrogen-bond donors (Lipinski definition) is 2. The van der Waals surface area contributed by atoms with E-state index in [1.54, 1.807) is 12.1 Å². The second-order valence-corrected chi connectivity index (χ2v) is 7.18. The Morgan fingerprint density at radius 1 is 1.38 bits per heavy atom. The number of likely N-dealkylation sites (N-methyl/N-ethyl adjacent to an activating group) is 1. The van der Waals surface area contributed by atoms with Crippen LogP contribution < -0.4 is 10.6 Å². The van der Waals surface area contributed by atoms with Crippen LogP contribution in [-0.2, 0) is 0 Å². The number of likely N-dealkylation sites (tertiary alicyclic amines) is 1. The van der Waals surface area contributed by atoms with Crippen LogP contribution in [-0.4, -0.2) is 42.9 Å². The first-order valence-corrected chi connectivity index (χ1v) is 8.79. The summed E-state index contributed by atoms with van der Waals surface area (Å²) in [6.07, 6.45) is 3.55. The predicted octanol–water partition coefficient (Wildman–Crippen LogP) is 2.73. The van der Waals surface area contributed by atoms with Crippen molar-refractivity contribution in [3.05, 3.63) is 40.7 Å². The number of piperidine rings is 1. The van der Waals surface area contributed by atoms with Crippen LogP contribution in [0.5, 0.6) is 0 Å². The molecule has 3 rings (SSSR count). The van der Waals surface area contributed by atoms with Crippen molar-refractivity contribution in [3.8, 4) is 0 Å². The molecule has 6 nitrogen and oxygen atoms in total. The van der Waals surface area contributed by atoms with Crippen molar-refractivity contribution in [1.82, 2.24) is 10.2 Å². The molecular weight excluding hydrogens is 326 g/mol. The van der Waals surface area contributed by atoms with E-state index < -0.39 is 0 Å². The molecule has 1 saturated heterocycles. The van der Waals surface area contributed by atoms with E-state index in [2.05, 4.69) is 22.6 Å². The number of hydrogen-bond acceptors (Lipinski definition) is 5. The molecule has 0 unspecified atom stereocenters. The average molecular weight is 347 g/mol. The Bertz CT molecular complexity index is 724.